The normalized spacial score (nSPS) is 11.1. The second-order valence-corrected chi connectivity index (χ2v) is 7.68. The highest BCUT2D eigenvalue weighted by atomic mass is 35.5. The molecule has 0 fully saturated rings. The lowest BCUT2D eigenvalue weighted by Gasteiger charge is -2.01. The molecule has 0 unspecified atom stereocenters. The maximum absolute atomic E-state index is 12.5. The Morgan fingerprint density at radius 1 is 1.19 bits per heavy atom. The summed E-state index contributed by atoms with van der Waals surface area (Å²) < 4.78 is 5.70. The molecule has 2 aromatic heterocycles. The molecular formula is C21H17ClN2O2S. The first kappa shape index (κ1) is 17.8. The van der Waals surface area contributed by atoms with Crippen molar-refractivity contribution in [3.8, 4) is 10.6 Å². The number of aryl methyl sites for hydroxylation is 2. The summed E-state index contributed by atoms with van der Waals surface area (Å²) in [5.41, 5.74) is 4.54. The zero-order valence-electron chi connectivity index (χ0n) is 14.9. The van der Waals surface area contributed by atoms with Crippen molar-refractivity contribution in [2.24, 2.45) is 0 Å². The molecule has 0 radical (unpaired) electrons. The van der Waals surface area contributed by atoms with Gasteiger partial charge in [0.15, 0.2) is 5.76 Å². The molecular weight excluding hydrogens is 380 g/mol. The van der Waals surface area contributed by atoms with Crippen molar-refractivity contribution >= 4 is 39.8 Å². The number of hydrogen-bond donors (Lipinski definition) is 1. The number of carbonyl (C=O) groups excluding carboxylic acids is 1. The number of carbonyl (C=O) groups is 1. The van der Waals surface area contributed by atoms with Crippen LogP contribution in [0, 0.1) is 13.8 Å². The van der Waals surface area contributed by atoms with Crippen LogP contribution < -0.4 is 5.32 Å². The number of furan rings is 1. The zero-order chi connectivity index (χ0) is 19.0. The summed E-state index contributed by atoms with van der Waals surface area (Å²) in [5.74, 6) is 0.0472. The van der Waals surface area contributed by atoms with Crippen LogP contribution >= 0.6 is 22.9 Å². The molecule has 0 saturated carbocycles. The maximum Gasteiger partial charge on any atom is 0.287 e. The van der Waals surface area contributed by atoms with E-state index in [0.717, 1.165) is 27.2 Å². The minimum absolute atomic E-state index is 0.260. The summed E-state index contributed by atoms with van der Waals surface area (Å²) >= 11 is 7.60. The number of rotatable bonds is 4. The van der Waals surface area contributed by atoms with Crippen molar-refractivity contribution in [3.05, 3.63) is 75.4 Å². The van der Waals surface area contributed by atoms with Crippen LogP contribution in [-0.2, 0) is 6.54 Å². The third-order valence-electron chi connectivity index (χ3n) is 4.38. The standard InChI is InChI=1S/C21H17ClN2O2S/c1-12-3-5-14(6-4-12)21-24-16(11-27-21)10-23-20(25)19-13(2)17-9-15(22)7-8-18(17)26-19/h3-9,11H,10H2,1-2H3,(H,23,25). The quantitative estimate of drug-likeness (QED) is 0.477. The molecule has 0 bridgehead atoms. The van der Waals surface area contributed by atoms with E-state index in [1.807, 2.05) is 12.3 Å². The van der Waals surface area contributed by atoms with E-state index in [1.54, 1.807) is 29.5 Å². The van der Waals surface area contributed by atoms with E-state index in [4.69, 9.17) is 16.0 Å². The fraction of sp³-hybridized carbons (Fsp3) is 0.143. The summed E-state index contributed by atoms with van der Waals surface area (Å²) in [6.07, 6.45) is 0. The molecule has 2 heterocycles. The van der Waals surface area contributed by atoms with Gasteiger partial charge in [0.25, 0.3) is 5.91 Å². The first-order valence-electron chi connectivity index (χ1n) is 8.49. The Bertz CT molecular complexity index is 1130. The average Bonchev–Trinajstić information content (AvgIpc) is 3.26. The number of benzene rings is 2. The van der Waals surface area contributed by atoms with Crippen LogP contribution in [0.3, 0.4) is 0 Å². The lowest BCUT2D eigenvalue weighted by Crippen LogP contribution is -2.23. The van der Waals surface area contributed by atoms with E-state index < -0.39 is 0 Å². The second kappa shape index (κ2) is 7.18. The molecule has 6 heteroatoms. The van der Waals surface area contributed by atoms with Crippen molar-refractivity contribution in [1.29, 1.82) is 0 Å². The van der Waals surface area contributed by atoms with Crippen molar-refractivity contribution in [2.75, 3.05) is 0 Å². The van der Waals surface area contributed by atoms with Crippen LogP contribution in [0.4, 0.5) is 0 Å². The van der Waals surface area contributed by atoms with Crippen LogP contribution in [0.2, 0.25) is 5.02 Å². The van der Waals surface area contributed by atoms with Gasteiger partial charge in [-0.25, -0.2) is 4.98 Å². The van der Waals surface area contributed by atoms with Crippen LogP contribution in [0.15, 0.2) is 52.3 Å². The van der Waals surface area contributed by atoms with Gasteiger partial charge in [0.2, 0.25) is 0 Å². The van der Waals surface area contributed by atoms with Gasteiger partial charge in [-0.05, 0) is 32.0 Å². The number of amides is 1. The molecule has 2 aromatic carbocycles. The highest BCUT2D eigenvalue weighted by Crippen LogP contribution is 2.28. The summed E-state index contributed by atoms with van der Waals surface area (Å²) in [6.45, 7) is 4.26. The Labute approximate surface area is 165 Å². The van der Waals surface area contributed by atoms with Gasteiger partial charge in [-0.2, -0.15) is 0 Å². The van der Waals surface area contributed by atoms with E-state index in [0.29, 0.717) is 22.9 Å². The van der Waals surface area contributed by atoms with Gasteiger partial charge in [0.1, 0.15) is 10.6 Å². The Balaban J connectivity index is 1.48. The van der Waals surface area contributed by atoms with E-state index in [9.17, 15) is 4.79 Å². The van der Waals surface area contributed by atoms with E-state index in [1.165, 1.54) is 5.56 Å². The van der Waals surface area contributed by atoms with E-state index in [2.05, 4.69) is 41.5 Å². The van der Waals surface area contributed by atoms with Crippen LogP contribution in [0.1, 0.15) is 27.4 Å². The van der Waals surface area contributed by atoms with Gasteiger partial charge in [-0.3, -0.25) is 4.79 Å². The van der Waals surface area contributed by atoms with Crippen molar-refractivity contribution in [2.45, 2.75) is 20.4 Å². The first-order valence-corrected chi connectivity index (χ1v) is 9.75. The Hall–Kier alpha value is -2.63. The molecule has 1 amide bonds. The molecule has 4 nitrogen and oxygen atoms in total. The number of thiazole rings is 1. The maximum atomic E-state index is 12.5. The fourth-order valence-corrected chi connectivity index (χ4v) is 3.88. The molecule has 0 aliphatic rings. The number of fused-ring (bicyclic) bond motifs is 1. The molecule has 4 rings (SSSR count). The summed E-state index contributed by atoms with van der Waals surface area (Å²) in [6, 6.07) is 13.6. The summed E-state index contributed by atoms with van der Waals surface area (Å²) in [4.78, 5) is 17.2. The fourth-order valence-electron chi connectivity index (χ4n) is 2.88. The molecule has 0 atom stereocenters. The Morgan fingerprint density at radius 2 is 1.96 bits per heavy atom. The predicted molar refractivity (Wildman–Crippen MR) is 109 cm³/mol. The van der Waals surface area contributed by atoms with Crippen LogP contribution in [-0.4, -0.2) is 10.9 Å². The third-order valence-corrected chi connectivity index (χ3v) is 5.56. The SMILES string of the molecule is Cc1ccc(-c2nc(CNC(=O)c3oc4ccc(Cl)cc4c3C)cs2)cc1. The van der Waals surface area contributed by atoms with Gasteiger partial charge in [0.05, 0.1) is 12.2 Å². The van der Waals surface area contributed by atoms with Crippen LogP contribution in [0.5, 0.6) is 0 Å². The van der Waals surface area contributed by atoms with Crippen LogP contribution in [0.25, 0.3) is 21.5 Å². The topological polar surface area (TPSA) is 55.1 Å². The number of nitrogens with one attached hydrogen (secondary N) is 1. The van der Waals surface area contributed by atoms with Crippen molar-refractivity contribution < 1.29 is 9.21 Å². The molecule has 0 aliphatic carbocycles. The molecule has 0 saturated heterocycles. The van der Waals surface area contributed by atoms with Gasteiger partial charge < -0.3 is 9.73 Å². The Morgan fingerprint density at radius 3 is 2.74 bits per heavy atom. The van der Waals surface area contributed by atoms with E-state index in [-0.39, 0.29) is 5.91 Å². The number of halogens is 1. The monoisotopic (exact) mass is 396 g/mol. The minimum Gasteiger partial charge on any atom is -0.451 e. The van der Waals surface area contributed by atoms with Crippen molar-refractivity contribution in [1.82, 2.24) is 10.3 Å². The smallest absolute Gasteiger partial charge is 0.287 e. The number of nitrogens with zero attached hydrogens (tertiary/aromatic N) is 1. The lowest BCUT2D eigenvalue weighted by atomic mass is 10.1. The summed E-state index contributed by atoms with van der Waals surface area (Å²) in [5, 5.41) is 7.25. The average molecular weight is 397 g/mol. The second-order valence-electron chi connectivity index (χ2n) is 6.39. The van der Waals surface area contributed by atoms with Gasteiger partial charge >= 0.3 is 0 Å². The number of aromatic nitrogens is 1. The Kier molecular flexibility index (Phi) is 4.72. The largest absolute Gasteiger partial charge is 0.451 e. The van der Waals surface area contributed by atoms with Crippen molar-refractivity contribution in [3.63, 3.8) is 0 Å². The summed E-state index contributed by atoms with van der Waals surface area (Å²) in [7, 11) is 0. The van der Waals surface area contributed by atoms with Gasteiger partial charge in [-0.15, -0.1) is 11.3 Å². The third kappa shape index (κ3) is 3.61. The highest BCUT2D eigenvalue weighted by molar-refractivity contribution is 7.13. The molecule has 0 aliphatic heterocycles. The van der Waals surface area contributed by atoms with E-state index >= 15 is 0 Å². The number of hydrogen-bond acceptors (Lipinski definition) is 4. The van der Waals surface area contributed by atoms with Gasteiger partial charge in [0, 0.05) is 26.9 Å². The molecule has 27 heavy (non-hydrogen) atoms. The minimum atomic E-state index is -0.260. The predicted octanol–water partition coefficient (Wildman–Crippen LogP) is 5.76. The molecule has 1 N–H and O–H groups in total. The lowest BCUT2D eigenvalue weighted by molar-refractivity contribution is 0.0924. The zero-order valence-corrected chi connectivity index (χ0v) is 16.4. The van der Waals surface area contributed by atoms with Gasteiger partial charge in [-0.1, -0.05) is 41.4 Å². The molecule has 136 valence electrons. The molecule has 0 spiro atoms. The highest BCUT2D eigenvalue weighted by Gasteiger charge is 2.18. The first-order chi connectivity index (χ1) is 13.0. The molecule has 4 aromatic rings.